The molecule has 2 nitrogen and oxygen atoms in total. The fraction of sp³-hybridized carbons (Fsp3) is 0.100. The fourth-order valence-electron chi connectivity index (χ4n) is 10.9. The van der Waals surface area contributed by atoms with Crippen LogP contribution in [0.5, 0.6) is 0 Å². The summed E-state index contributed by atoms with van der Waals surface area (Å²) in [7, 11) is 0. The van der Waals surface area contributed by atoms with Crippen LogP contribution in [0.3, 0.4) is 0 Å². The maximum Gasteiger partial charge on any atom is 0.160 e. The molecule has 0 fully saturated rings. The summed E-state index contributed by atoms with van der Waals surface area (Å²) in [5.41, 5.74) is 20.3. The number of benzene rings is 9. The van der Waals surface area contributed by atoms with Crippen LogP contribution in [0.2, 0.25) is 0 Å². The van der Waals surface area contributed by atoms with Crippen LogP contribution >= 0.6 is 0 Å². The van der Waals surface area contributed by atoms with Crippen LogP contribution in [0.15, 0.2) is 194 Å². The highest BCUT2D eigenvalue weighted by Gasteiger charge is 2.39. The molecule has 0 radical (unpaired) electrons. The summed E-state index contributed by atoms with van der Waals surface area (Å²) in [6.07, 6.45) is 0. The molecule has 9 aromatic carbocycles. The second-order valence-electron chi connectivity index (χ2n) is 18.1. The Bertz CT molecular complexity index is 3460. The zero-order valence-electron chi connectivity index (χ0n) is 35.4. The van der Waals surface area contributed by atoms with E-state index < -0.39 is 0 Å². The van der Waals surface area contributed by atoms with Gasteiger partial charge in [-0.15, -0.1) is 0 Å². The van der Waals surface area contributed by atoms with Gasteiger partial charge in [0.2, 0.25) is 0 Å². The molecule has 2 aliphatic rings. The van der Waals surface area contributed by atoms with Crippen molar-refractivity contribution in [1.82, 2.24) is 9.97 Å². The molecule has 294 valence electrons. The molecule has 0 N–H and O–H groups in total. The lowest BCUT2D eigenvalue weighted by Gasteiger charge is -2.25. The zero-order valence-corrected chi connectivity index (χ0v) is 35.4. The summed E-state index contributed by atoms with van der Waals surface area (Å²) in [6.45, 7) is 9.47. The van der Waals surface area contributed by atoms with Crippen LogP contribution in [0.25, 0.3) is 100.0 Å². The third-order valence-corrected chi connectivity index (χ3v) is 13.9. The van der Waals surface area contributed by atoms with E-state index in [9.17, 15) is 0 Å². The van der Waals surface area contributed by atoms with E-state index in [1.165, 1.54) is 82.9 Å². The minimum Gasteiger partial charge on any atom is -0.228 e. The van der Waals surface area contributed by atoms with E-state index in [1.807, 2.05) is 6.07 Å². The van der Waals surface area contributed by atoms with Gasteiger partial charge in [-0.1, -0.05) is 204 Å². The largest absolute Gasteiger partial charge is 0.228 e. The first-order valence-corrected chi connectivity index (χ1v) is 21.7. The molecule has 0 saturated heterocycles. The van der Waals surface area contributed by atoms with Crippen molar-refractivity contribution in [1.29, 1.82) is 0 Å². The molecule has 10 aromatic rings. The lowest BCUT2D eigenvalue weighted by Crippen LogP contribution is -2.16. The molecule has 1 aromatic heterocycles. The minimum absolute atomic E-state index is 0.124. The van der Waals surface area contributed by atoms with Gasteiger partial charge in [0.05, 0.1) is 11.4 Å². The highest BCUT2D eigenvalue weighted by molar-refractivity contribution is 6.09. The van der Waals surface area contributed by atoms with E-state index in [1.54, 1.807) is 0 Å². The highest BCUT2D eigenvalue weighted by Crippen LogP contribution is 2.55. The summed E-state index contributed by atoms with van der Waals surface area (Å²) < 4.78 is 0. The Hall–Kier alpha value is -7.42. The molecule has 0 amide bonds. The van der Waals surface area contributed by atoms with E-state index in [4.69, 9.17) is 9.97 Å². The quantitative estimate of drug-likeness (QED) is 0.173. The molecule has 0 aliphatic heterocycles. The average Bonchev–Trinajstić information content (AvgIpc) is 3.69. The summed E-state index contributed by atoms with van der Waals surface area (Å²) in [5, 5.41) is 4.92. The normalized spacial score (nSPS) is 14.1. The Labute approximate surface area is 363 Å². The number of rotatable bonds is 5. The molecule has 0 unspecified atom stereocenters. The van der Waals surface area contributed by atoms with Crippen LogP contribution in [0, 0.1) is 0 Å². The number of hydrogen-bond donors (Lipinski definition) is 0. The fourth-order valence-corrected chi connectivity index (χ4v) is 10.9. The smallest absolute Gasteiger partial charge is 0.160 e. The van der Waals surface area contributed by atoms with Crippen molar-refractivity contribution < 1.29 is 0 Å². The Morgan fingerprint density at radius 3 is 1.63 bits per heavy atom. The topological polar surface area (TPSA) is 25.8 Å². The first kappa shape index (κ1) is 36.4. The SMILES string of the molecule is CC1(C)c2cc3ccccc3cc2-c2c(-c3ccc(-c4cc(-c5ccccc5-c5cccc6c5C(C)(C)c5ccccc5-6)nc(-c5ccccc5)n4)c4ccccc34)cccc21. The van der Waals surface area contributed by atoms with Gasteiger partial charge in [0.25, 0.3) is 0 Å². The van der Waals surface area contributed by atoms with Crippen molar-refractivity contribution in [2.45, 2.75) is 38.5 Å². The van der Waals surface area contributed by atoms with Crippen molar-refractivity contribution in [2.75, 3.05) is 0 Å². The first-order chi connectivity index (χ1) is 30.3. The van der Waals surface area contributed by atoms with Crippen molar-refractivity contribution in [3.8, 4) is 78.4 Å². The maximum atomic E-state index is 5.39. The second kappa shape index (κ2) is 13.5. The lowest BCUT2D eigenvalue weighted by atomic mass is 9.78. The molecule has 62 heavy (non-hydrogen) atoms. The van der Waals surface area contributed by atoms with Crippen LogP contribution in [0.4, 0.5) is 0 Å². The highest BCUT2D eigenvalue weighted by atomic mass is 14.9. The summed E-state index contributed by atoms with van der Waals surface area (Å²) in [4.78, 5) is 10.8. The van der Waals surface area contributed by atoms with Crippen molar-refractivity contribution in [3.05, 3.63) is 216 Å². The first-order valence-electron chi connectivity index (χ1n) is 21.7. The van der Waals surface area contributed by atoms with Crippen LogP contribution in [0.1, 0.15) is 49.9 Å². The maximum absolute atomic E-state index is 5.39. The summed E-state index contributed by atoms with van der Waals surface area (Å²) in [6, 6.07) is 71.0. The molecule has 0 bridgehead atoms. The van der Waals surface area contributed by atoms with Gasteiger partial charge in [-0.05, 0) is 107 Å². The monoisotopic (exact) mass is 792 g/mol. The van der Waals surface area contributed by atoms with E-state index in [0.717, 1.165) is 33.5 Å². The predicted molar refractivity (Wildman–Crippen MR) is 259 cm³/mol. The number of nitrogens with zero attached hydrogens (tertiary/aromatic N) is 2. The number of hydrogen-bond acceptors (Lipinski definition) is 2. The van der Waals surface area contributed by atoms with Gasteiger partial charge in [0.15, 0.2) is 5.82 Å². The Morgan fingerprint density at radius 2 is 0.855 bits per heavy atom. The third kappa shape index (κ3) is 5.36. The molecule has 2 heteroatoms. The van der Waals surface area contributed by atoms with Gasteiger partial charge < -0.3 is 0 Å². The van der Waals surface area contributed by atoms with Crippen LogP contribution < -0.4 is 0 Å². The van der Waals surface area contributed by atoms with E-state index in [2.05, 4.69) is 216 Å². The predicted octanol–water partition coefficient (Wildman–Crippen LogP) is 15.7. The van der Waals surface area contributed by atoms with Crippen molar-refractivity contribution >= 4 is 21.5 Å². The van der Waals surface area contributed by atoms with Crippen molar-refractivity contribution in [2.24, 2.45) is 0 Å². The number of fused-ring (bicyclic) bond motifs is 8. The lowest BCUT2D eigenvalue weighted by molar-refractivity contribution is 0.661. The molecule has 0 saturated carbocycles. The van der Waals surface area contributed by atoms with E-state index >= 15 is 0 Å². The van der Waals surface area contributed by atoms with Gasteiger partial charge in [-0.25, -0.2) is 9.97 Å². The molecule has 12 rings (SSSR count). The standard InChI is InChI=1S/C60H44N2/c1-59(2)52-31-17-27-47(56(52)50-34-38-20-8-9-21-39(38)35-53(50)59)43-32-33-46(41-23-11-10-22-40(41)43)55-36-54(61-58(62-55)37-18-6-5-7-19-37)45-26-13-12-24-42(45)48-28-16-29-49-44-25-14-15-30-51(44)60(3,4)57(48)49/h5-36H,1-4H3. The molecule has 0 atom stereocenters. The summed E-state index contributed by atoms with van der Waals surface area (Å²) >= 11 is 0. The van der Waals surface area contributed by atoms with Crippen LogP contribution in [-0.4, -0.2) is 9.97 Å². The minimum atomic E-state index is -0.160. The number of aromatic nitrogens is 2. The van der Waals surface area contributed by atoms with E-state index in [0.29, 0.717) is 5.82 Å². The van der Waals surface area contributed by atoms with Crippen LogP contribution in [-0.2, 0) is 10.8 Å². The third-order valence-electron chi connectivity index (χ3n) is 13.9. The molecular formula is C60H44N2. The molecule has 1 heterocycles. The Morgan fingerprint density at radius 1 is 0.323 bits per heavy atom. The Balaban J connectivity index is 1.06. The van der Waals surface area contributed by atoms with Gasteiger partial charge in [-0.3, -0.25) is 0 Å². The van der Waals surface area contributed by atoms with Gasteiger partial charge in [0.1, 0.15) is 0 Å². The summed E-state index contributed by atoms with van der Waals surface area (Å²) in [5.74, 6) is 0.707. The average molecular weight is 793 g/mol. The van der Waals surface area contributed by atoms with Gasteiger partial charge in [0, 0.05) is 27.5 Å². The molecule has 0 spiro atoms. The zero-order chi connectivity index (χ0) is 41.7. The van der Waals surface area contributed by atoms with Crippen molar-refractivity contribution in [3.63, 3.8) is 0 Å². The second-order valence-corrected chi connectivity index (χ2v) is 18.1. The molecule has 2 aliphatic carbocycles. The van der Waals surface area contributed by atoms with Gasteiger partial charge >= 0.3 is 0 Å². The Kier molecular flexibility index (Phi) is 7.96. The van der Waals surface area contributed by atoms with E-state index in [-0.39, 0.29) is 10.8 Å². The van der Waals surface area contributed by atoms with Gasteiger partial charge in [-0.2, -0.15) is 0 Å². The molecular weight excluding hydrogens is 749 g/mol.